The molecule has 0 aliphatic heterocycles. The molecule has 0 bridgehead atoms. The minimum atomic E-state index is -2.44. The molecule has 0 aromatic rings. The Bertz CT molecular complexity index is 463. The first-order chi connectivity index (χ1) is 15.4. The molecule has 0 spiro atoms. The molecule has 0 fully saturated rings. The van der Waals surface area contributed by atoms with Gasteiger partial charge in [0.05, 0.1) is 39.0 Å². The van der Waals surface area contributed by atoms with Gasteiger partial charge in [-0.25, -0.2) is 4.21 Å². The second kappa shape index (κ2) is 21.8. The fraction of sp³-hybridized carbons (Fsp3) is 1.00. The summed E-state index contributed by atoms with van der Waals surface area (Å²) in [5.74, 6) is 0.534. The highest BCUT2D eigenvalue weighted by atomic mass is 32.8. The molecule has 194 valence electrons. The third-order valence-corrected chi connectivity index (χ3v) is 9.19. The van der Waals surface area contributed by atoms with E-state index in [1.165, 1.54) is 141 Å². The zero-order valence-corrected chi connectivity index (χ0v) is 24.0. The van der Waals surface area contributed by atoms with Crippen molar-refractivity contribution in [2.45, 2.75) is 136 Å². The number of unbranched alkanes of at least 4 members (excludes halogenated alkanes) is 14. The number of nitrogens with zero attached hydrogens (tertiary/aromatic N) is 1. The summed E-state index contributed by atoms with van der Waals surface area (Å²) < 4.78 is 18.1. The minimum Gasteiger partial charge on any atom is -0.324 e. The van der Waals surface area contributed by atoms with E-state index in [1.807, 2.05) is 0 Å². The normalized spacial score (nSPS) is 14.0. The summed E-state index contributed by atoms with van der Waals surface area (Å²) in [4.78, 5) is 0. The van der Waals surface area contributed by atoms with Gasteiger partial charge in [-0.3, -0.25) is 4.18 Å². The molecule has 1 atom stereocenters. The largest absolute Gasteiger partial charge is 0.324 e. The van der Waals surface area contributed by atoms with E-state index in [0.29, 0.717) is 5.75 Å². The Morgan fingerprint density at radius 1 is 0.562 bits per heavy atom. The quantitative estimate of drug-likeness (QED) is 0.0949. The smallest absolute Gasteiger partial charge is 0.143 e. The summed E-state index contributed by atoms with van der Waals surface area (Å²) in [6.45, 7) is 12.6. The van der Waals surface area contributed by atoms with E-state index < -0.39 is 8.77 Å². The first-order valence-electron chi connectivity index (χ1n) is 14.1. The zero-order valence-electron chi connectivity index (χ0n) is 22.3. The highest BCUT2D eigenvalue weighted by Gasteiger charge is 2.25. The fourth-order valence-corrected chi connectivity index (χ4v) is 5.89. The van der Waals surface area contributed by atoms with E-state index in [9.17, 15) is 4.21 Å². The van der Waals surface area contributed by atoms with Gasteiger partial charge in [0.2, 0.25) is 0 Å². The first kappa shape index (κ1) is 32.3. The summed E-state index contributed by atoms with van der Waals surface area (Å²) in [7, 11) is -0.980. The van der Waals surface area contributed by atoms with Crippen LogP contribution in [-0.2, 0) is 24.1 Å². The third-order valence-electron chi connectivity index (χ3n) is 6.99. The molecule has 3 nitrogen and oxygen atoms in total. The molecule has 0 heterocycles. The van der Waals surface area contributed by atoms with E-state index in [-0.39, 0.29) is 0 Å². The van der Waals surface area contributed by atoms with Crippen molar-refractivity contribution in [3.05, 3.63) is 0 Å². The van der Waals surface area contributed by atoms with E-state index in [1.54, 1.807) is 0 Å². The van der Waals surface area contributed by atoms with Crippen LogP contribution < -0.4 is 0 Å². The Kier molecular flexibility index (Phi) is 22.0. The average Bonchev–Trinajstić information content (AvgIpc) is 2.79. The average molecular weight is 493 g/mol. The molecule has 0 aliphatic carbocycles. The van der Waals surface area contributed by atoms with Crippen LogP contribution in [0.25, 0.3) is 0 Å². The van der Waals surface area contributed by atoms with Crippen LogP contribution in [0.1, 0.15) is 136 Å². The van der Waals surface area contributed by atoms with Gasteiger partial charge < -0.3 is 4.48 Å². The molecular formula is C27H58NO2S2+. The molecule has 0 amide bonds. The van der Waals surface area contributed by atoms with Crippen LogP contribution in [0.2, 0.25) is 0 Å². The van der Waals surface area contributed by atoms with Gasteiger partial charge in [0.15, 0.2) is 0 Å². The second-order valence-electron chi connectivity index (χ2n) is 9.97. The zero-order chi connectivity index (χ0) is 24.0. The molecule has 0 saturated heterocycles. The number of hydrogen-bond acceptors (Lipinski definition) is 3. The first-order valence-corrected chi connectivity index (χ1v) is 16.7. The van der Waals surface area contributed by atoms with Crippen LogP contribution in [0.4, 0.5) is 0 Å². The summed E-state index contributed by atoms with van der Waals surface area (Å²) in [6.07, 6.45) is 23.9. The maximum absolute atomic E-state index is 11.8. The lowest BCUT2D eigenvalue weighted by atomic mass is 10.1. The summed E-state index contributed by atoms with van der Waals surface area (Å²) >= 11 is 4.96. The maximum atomic E-state index is 11.8. The standard InChI is InChI=1S/C27H58NO2S2/c1-5-8-11-18-23-28(24-19-12-9-6-2,25-20-13-10-7-3)26-21-16-14-15-17-22-27-32(29,31)30-4/h5-27H2,1-4H3/q+1. The Morgan fingerprint density at radius 2 is 0.875 bits per heavy atom. The Balaban J connectivity index is 4.56. The summed E-state index contributed by atoms with van der Waals surface area (Å²) in [5, 5.41) is 0. The van der Waals surface area contributed by atoms with E-state index in [4.69, 9.17) is 15.4 Å². The lowest BCUT2D eigenvalue weighted by Gasteiger charge is -2.39. The van der Waals surface area contributed by atoms with Crippen molar-refractivity contribution < 1.29 is 12.9 Å². The SMILES string of the molecule is CCCCCC[N+](CCCCCC)(CCCCCC)CCCCCCCCS(=O)(=S)OC. The van der Waals surface area contributed by atoms with E-state index in [2.05, 4.69) is 20.8 Å². The molecule has 0 saturated carbocycles. The molecule has 1 unspecified atom stereocenters. The molecule has 5 heteroatoms. The number of rotatable bonds is 25. The van der Waals surface area contributed by atoms with Crippen LogP contribution in [-0.4, -0.2) is 47.7 Å². The molecule has 0 radical (unpaired) electrons. The molecule has 0 rings (SSSR count). The van der Waals surface area contributed by atoms with Gasteiger partial charge in [-0.15, -0.1) is 0 Å². The van der Waals surface area contributed by atoms with Crippen LogP contribution in [0.5, 0.6) is 0 Å². The van der Waals surface area contributed by atoms with Crippen molar-refractivity contribution in [3.8, 4) is 0 Å². The maximum Gasteiger partial charge on any atom is 0.143 e. The fourth-order valence-electron chi connectivity index (χ4n) is 4.81. The highest BCUT2D eigenvalue weighted by molar-refractivity contribution is 8.30. The molecule has 0 aliphatic rings. The van der Waals surface area contributed by atoms with Gasteiger partial charge in [-0.05, 0) is 57.8 Å². The van der Waals surface area contributed by atoms with Gasteiger partial charge in [-0.1, -0.05) is 78.6 Å². The van der Waals surface area contributed by atoms with Crippen molar-refractivity contribution in [1.29, 1.82) is 0 Å². The predicted octanol–water partition coefficient (Wildman–Crippen LogP) is 8.19. The minimum absolute atomic E-state index is 0.534. The van der Waals surface area contributed by atoms with E-state index in [0.717, 1.165) is 12.8 Å². The summed E-state index contributed by atoms with van der Waals surface area (Å²) in [5.41, 5.74) is 0. The highest BCUT2D eigenvalue weighted by Crippen LogP contribution is 2.20. The Hall–Kier alpha value is 0.290. The molecule has 0 N–H and O–H groups in total. The lowest BCUT2D eigenvalue weighted by molar-refractivity contribution is -0.929. The second-order valence-corrected chi connectivity index (χ2v) is 13.3. The van der Waals surface area contributed by atoms with Crippen molar-refractivity contribution in [2.75, 3.05) is 39.0 Å². The van der Waals surface area contributed by atoms with Crippen LogP contribution in [0.15, 0.2) is 0 Å². The Morgan fingerprint density at radius 3 is 1.22 bits per heavy atom. The monoisotopic (exact) mass is 492 g/mol. The Labute approximate surface area is 207 Å². The number of quaternary nitrogens is 1. The molecule has 0 aromatic heterocycles. The predicted molar refractivity (Wildman–Crippen MR) is 147 cm³/mol. The summed E-state index contributed by atoms with van der Waals surface area (Å²) in [6, 6.07) is 0. The molecule has 32 heavy (non-hydrogen) atoms. The van der Waals surface area contributed by atoms with Gasteiger partial charge in [0.1, 0.15) is 8.77 Å². The lowest BCUT2D eigenvalue weighted by Crippen LogP contribution is -2.50. The van der Waals surface area contributed by atoms with Gasteiger partial charge >= 0.3 is 0 Å². The van der Waals surface area contributed by atoms with E-state index >= 15 is 0 Å². The van der Waals surface area contributed by atoms with Crippen LogP contribution >= 0.6 is 0 Å². The van der Waals surface area contributed by atoms with Gasteiger partial charge in [0.25, 0.3) is 0 Å². The molecular weight excluding hydrogens is 434 g/mol. The van der Waals surface area contributed by atoms with Gasteiger partial charge in [0, 0.05) is 11.2 Å². The van der Waals surface area contributed by atoms with Crippen LogP contribution in [0.3, 0.4) is 0 Å². The third kappa shape index (κ3) is 18.7. The van der Waals surface area contributed by atoms with Crippen molar-refractivity contribution in [2.24, 2.45) is 0 Å². The van der Waals surface area contributed by atoms with Crippen molar-refractivity contribution in [1.82, 2.24) is 0 Å². The van der Waals surface area contributed by atoms with Crippen LogP contribution in [0, 0.1) is 0 Å². The van der Waals surface area contributed by atoms with Crippen molar-refractivity contribution >= 4 is 20.0 Å². The number of hydrogen-bond donors (Lipinski definition) is 0. The van der Waals surface area contributed by atoms with Gasteiger partial charge in [-0.2, -0.15) is 0 Å². The molecule has 0 aromatic carbocycles. The topological polar surface area (TPSA) is 26.3 Å². The van der Waals surface area contributed by atoms with Crippen molar-refractivity contribution in [3.63, 3.8) is 0 Å².